The Balaban J connectivity index is 2.71. The van der Waals surface area contributed by atoms with E-state index in [-0.39, 0.29) is 11.3 Å². The van der Waals surface area contributed by atoms with Crippen molar-refractivity contribution in [3.8, 4) is 0 Å². The molecule has 0 bridgehead atoms. The van der Waals surface area contributed by atoms with Crippen molar-refractivity contribution in [3.63, 3.8) is 0 Å². The van der Waals surface area contributed by atoms with Crippen LogP contribution in [0.1, 0.15) is 40.2 Å². The molecule has 5 nitrogen and oxygen atoms in total. The molecule has 22 heavy (non-hydrogen) atoms. The molecule has 0 saturated carbocycles. The zero-order valence-corrected chi connectivity index (χ0v) is 14.1. The number of ether oxygens (including phenoxy) is 1. The van der Waals surface area contributed by atoms with Crippen LogP contribution in [-0.2, 0) is 14.9 Å². The van der Waals surface area contributed by atoms with Gasteiger partial charge in [-0.15, -0.1) is 0 Å². The SMILES string of the molecule is CCOC(=O)NCCN(C(C)=O)c1ccc(C(C)(C)C)cc1. The summed E-state index contributed by atoms with van der Waals surface area (Å²) in [5, 5.41) is 2.62. The molecule has 0 aliphatic rings. The molecule has 2 amide bonds. The summed E-state index contributed by atoms with van der Waals surface area (Å²) < 4.78 is 4.79. The van der Waals surface area contributed by atoms with Crippen molar-refractivity contribution in [2.45, 2.75) is 40.0 Å². The summed E-state index contributed by atoms with van der Waals surface area (Å²) in [5.74, 6) is -0.0610. The van der Waals surface area contributed by atoms with E-state index in [0.29, 0.717) is 19.7 Å². The van der Waals surface area contributed by atoms with Crippen LogP contribution in [0, 0.1) is 0 Å². The molecule has 0 aliphatic heterocycles. The van der Waals surface area contributed by atoms with Crippen LogP contribution in [0.3, 0.4) is 0 Å². The number of nitrogens with zero attached hydrogens (tertiary/aromatic N) is 1. The first-order valence-electron chi connectivity index (χ1n) is 7.55. The number of anilines is 1. The second-order valence-electron chi connectivity index (χ2n) is 6.11. The third-order valence-corrected chi connectivity index (χ3v) is 3.31. The van der Waals surface area contributed by atoms with Crippen LogP contribution >= 0.6 is 0 Å². The van der Waals surface area contributed by atoms with Gasteiger partial charge < -0.3 is 15.0 Å². The minimum Gasteiger partial charge on any atom is -0.450 e. The zero-order valence-electron chi connectivity index (χ0n) is 14.1. The van der Waals surface area contributed by atoms with Crippen LogP contribution in [0.25, 0.3) is 0 Å². The van der Waals surface area contributed by atoms with Gasteiger partial charge in [-0.05, 0) is 30.0 Å². The maximum atomic E-state index is 11.8. The highest BCUT2D eigenvalue weighted by Gasteiger charge is 2.16. The Labute approximate surface area is 132 Å². The first-order chi connectivity index (χ1) is 10.3. The normalized spacial score (nSPS) is 11.0. The lowest BCUT2D eigenvalue weighted by molar-refractivity contribution is -0.116. The fourth-order valence-corrected chi connectivity index (χ4v) is 2.06. The summed E-state index contributed by atoms with van der Waals surface area (Å²) in [6.45, 7) is 10.8. The van der Waals surface area contributed by atoms with E-state index in [0.717, 1.165) is 5.69 Å². The van der Waals surface area contributed by atoms with E-state index in [1.54, 1.807) is 11.8 Å². The highest BCUT2D eigenvalue weighted by Crippen LogP contribution is 2.24. The average molecular weight is 306 g/mol. The summed E-state index contributed by atoms with van der Waals surface area (Å²) in [7, 11) is 0. The minimum atomic E-state index is -0.464. The first kappa shape index (κ1) is 18.0. The van der Waals surface area contributed by atoms with E-state index in [4.69, 9.17) is 4.74 Å². The van der Waals surface area contributed by atoms with Crippen molar-refractivity contribution in [1.82, 2.24) is 5.32 Å². The van der Waals surface area contributed by atoms with Gasteiger partial charge >= 0.3 is 6.09 Å². The number of carbonyl (C=O) groups excluding carboxylic acids is 2. The van der Waals surface area contributed by atoms with E-state index in [1.165, 1.54) is 12.5 Å². The Morgan fingerprint density at radius 2 is 1.77 bits per heavy atom. The Kier molecular flexibility index (Phi) is 6.40. The average Bonchev–Trinajstić information content (AvgIpc) is 2.43. The molecule has 0 unspecified atom stereocenters. The van der Waals surface area contributed by atoms with Gasteiger partial charge in [0.2, 0.25) is 5.91 Å². The maximum absolute atomic E-state index is 11.8. The molecule has 1 N–H and O–H groups in total. The Hall–Kier alpha value is -2.04. The molecule has 0 atom stereocenters. The quantitative estimate of drug-likeness (QED) is 0.909. The fraction of sp³-hybridized carbons (Fsp3) is 0.529. The van der Waals surface area contributed by atoms with Crippen molar-refractivity contribution in [3.05, 3.63) is 29.8 Å². The molecular formula is C17H26N2O3. The van der Waals surface area contributed by atoms with Crippen LogP contribution in [0.5, 0.6) is 0 Å². The van der Waals surface area contributed by atoms with Crippen molar-refractivity contribution < 1.29 is 14.3 Å². The Morgan fingerprint density at radius 1 is 1.18 bits per heavy atom. The van der Waals surface area contributed by atoms with E-state index in [9.17, 15) is 9.59 Å². The second-order valence-corrected chi connectivity index (χ2v) is 6.11. The molecule has 1 rings (SSSR count). The molecule has 0 aromatic heterocycles. The minimum absolute atomic E-state index is 0.0610. The maximum Gasteiger partial charge on any atom is 0.407 e. The molecule has 122 valence electrons. The number of nitrogens with one attached hydrogen (secondary N) is 1. The molecular weight excluding hydrogens is 280 g/mol. The van der Waals surface area contributed by atoms with Gasteiger partial charge in [-0.25, -0.2) is 4.79 Å². The van der Waals surface area contributed by atoms with Gasteiger partial charge in [0.25, 0.3) is 0 Å². The first-order valence-corrected chi connectivity index (χ1v) is 7.55. The monoisotopic (exact) mass is 306 g/mol. The number of carbonyl (C=O) groups is 2. The van der Waals surface area contributed by atoms with Crippen LogP contribution in [0.15, 0.2) is 24.3 Å². The van der Waals surface area contributed by atoms with Crippen LogP contribution in [-0.4, -0.2) is 31.7 Å². The predicted octanol–water partition coefficient (Wildman–Crippen LogP) is 3.08. The molecule has 0 fully saturated rings. The lowest BCUT2D eigenvalue weighted by Crippen LogP contribution is -2.37. The van der Waals surface area contributed by atoms with Gasteiger partial charge in [-0.3, -0.25) is 4.79 Å². The van der Waals surface area contributed by atoms with Crippen molar-refractivity contribution in [2.75, 3.05) is 24.6 Å². The molecule has 0 spiro atoms. The lowest BCUT2D eigenvalue weighted by Gasteiger charge is -2.24. The molecule has 0 saturated heterocycles. The van der Waals surface area contributed by atoms with Crippen molar-refractivity contribution in [2.24, 2.45) is 0 Å². The van der Waals surface area contributed by atoms with Crippen LogP contribution in [0.4, 0.5) is 10.5 Å². The van der Waals surface area contributed by atoms with Gasteiger partial charge in [0.15, 0.2) is 0 Å². The number of hydrogen-bond donors (Lipinski definition) is 1. The summed E-state index contributed by atoms with van der Waals surface area (Å²) in [4.78, 5) is 24.7. The lowest BCUT2D eigenvalue weighted by atomic mass is 9.87. The third-order valence-electron chi connectivity index (χ3n) is 3.31. The highest BCUT2D eigenvalue weighted by atomic mass is 16.5. The zero-order chi connectivity index (χ0) is 16.8. The standard InChI is InChI=1S/C17H26N2O3/c1-6-22-16(21)18-11-12-19(13(2)20)15-9-7-14(8-10-15)17(3,4)5/h7-10H,6,11-12H2,1-5H3,(H,18,21). The van der Waals surface area contributed by atoms with E-state index in [2.05, 4.69) is 26.1 Å². The molecule has 1 aromatic carbocycles. The van der Waals surface area contributed by atoms with Crippen LogP contribution in [0.2, 0.25) is 0 Å². The third kappa shape index (κ3) is 5.39. The fourth-order valence-electron chi connectivity index (χ4n) is 2.06. The predicted molar refractivity (Wildman–Crippen MR) is 88.2 cm³/mol. The van der Waals surface area contributed by atoms with Gasteiger partial charge in [-0.2, -0.15) is 0 Å². The Bertz CT molecular complexity index is 504. The van der Waals surface area contributed by atoms with E-state index < -0.39 is 6.09 Å². The smallest absolute Gasteiger partial charge is 0.407 e. The number of amides is 2. The molecule has 0 radical (unpaired) electrons. The van der Waals surface area contributed by atoms with Crippen molar-refractivity contribution in [1.29, 1.82) is 0 Å². The number of alkyl carbamates (subject to hydrolysis) is 1. The van der Waals surface area contributed by atoms with E-state index >= 15 is 0 Å². The molecule has 0 aliphatic carbocycles. The highest BCUT2D eigenvalue weighted by molar-refractivity contribution is 5.91. The van der Waals surface area contributed by atoms with Crippen molar-refractivity contribution >= 4 is 17.7 Å². The van der Waals surface area contributed by atoms with Gasteiger partial charge in [0.05, 0.1) is 6.61 Å². The van der Waals surface area contributed by atoms with Gasteiger partial charge in [-0.1, -0.05) is 32.9 Å². The molecule has 0 heterocycles. The van der Waals surface area contributed by atoms with Gasteiger partial charge in [0.1, 0.15) is 0 Å². The molecule has 5 heteroatoms. The van der Waals surface area contributed by atoms with Gasteiger partial charge in [0, 0.05) is 25.7 Å². The Morgan fingerprint density at radius 3 is 2.23 bits per heavy atom. The largest absolute Gasteiger partial charge is 0.450 e. The summed E-state index contributed by atoms with van der Waals surface area (Å²) in [6, 6.07) is 7.94. The summed E-state index contributed by atoms with van der Waals surface area (Å²) >= 11 is 0. The number of hydrogen-bond acceptors (Lipinski definition) is 3. The second kappa shape index (κ2) is 7.82. The number of rotatable bonds is 5. The summed E-state index contributed by atoms with van der Waals surface area (Å²) in [5.41, 5.74) is 2.11. The number of benzene rings is 1. The topological polar surface area (TPSA) is 58.6 Å². The summed E-state index contributed by atoms with van der Waals surface area (Å²) in [6.07, 6.45) is -0.464. The molecule has 1 aromatic rings. The van der Waals surface area contributed by atoms with E-state index in [1.807, 2.05) is 24.3 Å². The van der Waals surface area contributed by atoms with Crippen LogP contribution < -0.4 is 10.2 Å².